The Hall–Kier alpha value is -3.59. The highest BCUT2D eigenvalue weighted by molar-refractivity contribution is 5.95. The van der Waals surface area contributed by atoms with E-state index >= 15 is 0 Å². The van der Waals surface area contributed by atoms with Gasteiger partial charge >= 0.3 is 0 Å². The normalized spacial score (nSPS) is 12.3. The molecule has 37 heavy (non-hydrogen) atoms. The number of benzene rings is 2. The molecule has 1 atom stereocenters. The molecule has 0 bridgehead atoms. The van der Waals surface area contributed by atoms with E-state index in [1.165, 1.54) is 0 Å². The molecule has 196 valence electrons. The number of amides is 1. The van der Waals surface area contributed by atoms with Crippen molar-refractivity contribution in [2.24, 2.45) is 0 Å². The second-order valence-corrected chi connectivity index (χ2v) is 10.8. The molecule has 3 aromatic rings. The highest BCUT2D eigenvalue weighted by atomic mass is 16.5. The van der Waals surface area contributed by atoms with Gasteiger partial charge in [-0.05, 0) is 57.4 Å². The van der Waals surface area contributed by atoms with Crippen molar-refractivity contribution in [3.05, 3.63) is 71.2 Å². The molecule has 6 heteroatoms. The van der Waals surface area contributed by atoms with E-state index in [1.807, 2.05) is 13.8 Å². The van der Waals surface area contributed by atoms with Crippen LogP contribution in [0, 0.1) is 11.3 Å². The molecule has 0 spiro atoms. The van der Waals surface area contributed by atoms with Crippen molar-refractivity contribution in [2.75, 3.05) is 0 Å². The molecular weight excluding hydrogens is 460 g/mol. The zero-order chi connectivity index (χ0) is 27.2. The van der Waals surface area contributed by atoms with E-state index in [1.54, 1.807) is 18.2 Å². The van der Waals surface area contributed by atoms with Crippen LogP contribution in [0.5, 0.6) is 5.75 Å². The number of nitrogens with one attached hydrogen (secondary N) is 1. The minimum Gasteiger partial charge on any atom is -0.490 e. The van der Waals surface area contributed by atoms with Crippen LogP contribution in [-0.4, -0.2) is 27.6 Å². The maximum Gasteiger partial charge on any atom is 0.251 e. The number of hydrogen-bond acceptors (Lipinski definition) is 4. The van der Waals surface area contributed by atoms with Gasteiger partial charge in [-0.2, -0.15) is 5.26 Å². The molecule has 3 rings (SSSR count). The molecule has 0 saturated heterocycles. The Morgan fingerprint density at radius 3 is 2.38 bits per heavy atom. The zero-order valence-electron chi connectivity index (χ0n) is 23.3. The van der Waals surface area contributed by atoms with Gasteiger partial charge in [0.1, 0.15) is 17.6 Å². The summed E-state index contributed by atoms with van der Waals surface area (Å²) in [6, 6.07) is 15.6. The molecule has 0 radical (unpaired) electrons. The molecule has 1 N–H and O–H groups in total. The van der Waals surface area contributed by atoms with E-state index in [9.17, 15) is 10.1 Å². The van der Waals surface area contributed by atoms with Crippen LogP contribution in [0.15, 0.2) is 48.7 Å². The first-order valence-corrected chi connectivity index (χ1v) is 13.2. The number of aromatic nitrogens is 2. The average molecular weight is 501 g/mol. The first kappa shape index (κ1) is 28.0. The molecule has 0 aliphatic heterocycles. The van der Waals surface area contributed by atoms with E-state index in [4.69, 9.17) is 9.72 Å². The summed E-state index contributed by atoms with van der Waals surface area (Å²) in [6.07, 6.45) is 4.63. The lowest BCUT2D eigenvalue weighted by molar-refractivity contribution is 0.0934. The quantitative estimate of drug-likeness (QED) is 0.337. The van der Waals surface area contributed by atoms with Gasteiger partial charge in [-0.3, -0.25) is 4.79 Å². The fourth-order valence-electron chi connectivity index (χ4n) is 4.45. The second-order valence-electron chi connectivity index (χ2n) is 10.8. The Balaban J connectivity index is 1.73. The first-order valence-electron chi connectivity index (χ1n) is 13.2. The van der Waals surface area contributed by atoms with Crippen LogP contribution in [-0.2, 0) is 18.4 Å². The summed E-state index contributed by atoms with van der Waals surface area (Å²) in [5, 5.41) is 12.7. The van der Waals surface area contributed by atoms with Gasteiger partial charge in [-0.1, -0.05) is 58.4 Å². The summed E-state index contributed by atoms with van der Waals surface area (Å²) < 4.78 is 7.90. The number of imidazole rings is 1. The number of nitrogens with zero attached hydrogens (tertiary/aromatic N) is 3. The van der Waals surface area contributed by atoms with Gasteiger partial charge < -0.3 is 14.6 Å². The lowest BCUT2D eigenvalue weighted by Gasteiger charge is -2.19. The van der Waals surface area contributed by atoms with E-state index in [0.717, 1.165) is 48.5 Å². The van der Waals surface area contributed by atoms with Crippen molar-refractivity contribution >= 4 is 5.91 Å². The third kappa shape index (κ3) is 7.22. The molecule has 6 nitrogen and oxygen atoms in total. The van der Waals surface area contributed by atoms with Gasteiger partial charge in [0.15, 0.2) is 0 Å². The van der Waals surface area contributed by atoms with E-state index in [2.05, 4.69) is 81.0 Å². The second kappa shape index (κ2) is 12.1. The standard InChI is InChI=1S/C31H40N4O2/c1-8-10-26(33-29(36)24-15-16-28(37-21(3)4)25(18-24)19-32)17-22-11-13-23(14-12-22)27-20-35(9-2)30(34-27)31(5,6)7/h11-16,18,20-21,26H,8-10,17H2,1-7H3,(H,33,36)/t26-/m1/s1. The summed E-state index contributed by atoms with van der Waals surface area (Å²) >= 11 is 0. The molecule has 0 unspecified atom stereocenters. The van der Waals surface area contributed by atoms with Crippen LogP contribution >= 0.6 is 0 Å². The number of hydrogen-bond donors (Lipinski definition) is 1. The fourth-order valence-corrected chi connectivity index (χ4v) is 4.45. The van der Waals surface area contributed by atoms with Gasteiger partial charge in [0.2, 0.25) is 0 Å². The number of carbonyl (C=O) groups is 1. The predicted molar refractivity (Wildman–Crippen MR) is 149 cm³/mol. The van der Waals surface area contributed by atoms with Gasteiger partial charge in [0, 0.05) is 35.3 Å². The van der Waals surface area contributed by atoms with Crippen LogP contribution in [0.1, 0.15) is 88.6 Å². The lowest BCUT2D eigenvalue weighted by Crippen LogP contribution is -2.36. The van der Waals surface area contributed by atoms with Crippen molar-refractivity contribution in [2.45, 2.75) is 91.8 Å². The molecule has 0 aliphatic carbocycles. The van der Waals surface area contributed by atoms with Crippen LogP contribution < -0.4 is 10.1 Å². The summed E-state index contributed by atoms with van der Waals surface area (Å²) in [4.78, 5) is 18.0. The molecule has 1 aromatic heterocycles. The van der Waals surface area contributed by atoms with Gasteiger partial charge in [0.25, 0.3) is 5.91 Å². The Kier molecular flexibility index (Phi) is 9.15. The summed E-state index contributed by atoms with van der Waals surface area (Å²) in [6.45, 7) is 15.5. The Morgan fingerprint density at radius 2 is 1.84 bits per heavy atom. The molecule has 1 heterocycles. The van der Waals surface area contributed by atoms with Gasteiger partial charge in [-0.15, -0.1) is 0 Å². The average Bonchev–Trinajstić information content (AvgIpc) is 3.30. The highest BCUT2D eigenvalue weighted by Crippen LogP contribution is 2.27. The number of rotatable bonds is 10. The Bertz CT molecular complexity index is 1240. The summed E-state index contributed by atoms with van der Waals surface area (Å²) in [7, 11) is 0. The largest absolute Gasteiger partial charge is 0.490 e. The summed E-state index contributed by atoms with van der Waals surface area (Å²) in [5.41, 5.74) is 4.04. The molecule has 0 saturated carbocycles. The third-order valence-electron chi connectivity index (χ3n) is 6.22. The summed E-state index contributed by atoms with van der Waals surface area (Å²) in [5.74, 6) is 1.41. The molecular formula is C31H40N4O2. The van der Waals surface area contributed by atoms with Crippen molar-refractivity contribution < 1.29 is 9.53 Å². The smallest absolute Gasteiger partial charge is 0.251 e. The van der Waals surface area contributed by atoms with Crippen molar-refractivity contribution in [1.29, 1.82) is 5.26 Å². The molecule has 0 fully saturated rings. The molecule has 2 aromatic carbocycles. The lowest BCUT2D eigenvalue weighted by atomic mass is 9.95. The number of aryl methyl sites for hydroxylation is 1. The number of ether oxygens (including phenoxy) is 1. The van der Waals surface area contributed by atoms with E-state index in [-0.39, 0.29) is 23.5 Å². The minimum atomic E-state index is -0.178. The fraction of sp³-hybridized carbons (Fsp3) is 0.452. The minimum absolute atomic E-state index is 0.00716. The van der Waals surface area contributed by atoms with Gasteiger partial charge in [0.05, 0.1) is 17.4 Å². The topological polar surface area (TPSA) is 79.9 Å². The van der Waals surface area contributed by atoms with Crippen LogP contribution in [0.4, 0.5) is 0 Å². The maximum absolute atomic E-state index is 13.0. The van der Waals surface area contributed by atoms with Crippen LogP contribution in [0.3, 0.4) is 0 Å². The number of nitriles is 1. The monoisotopic (exact) mass is 500 g/mol. The van der Waals surface area contributed by atoms with Crippen LogP contribution in [0.2, 0.25) is 0 Å². The number of carbonyl (C=O) groups excluding carboxylic acids is 1. The van der Waals surface area contributed by atoms with Crippen LogP contribution in [0.25, 0.3) is 11.3 Å². The van der Waals surface area contributed by atoms with Crippen molar-refractivity contribution in [3.63, 3.8) is 0 Å². The Morgan fingerprint density at radius 1 is 1.14 bits per heavy atom. The van der Waals surface area contributed by atoms with E-state index < -0.39 is 0 Å². The highest BCUT2D eigenvalue weighted by Gasteiger charge is 2.22. The van der Waals surface area contributed by atoms with E-state index in [0.29, 0.717) is 16.9 Å². The zero-order valence-corrected chi connectivity index (χ0v) is 23.3. The predicted octanol–water partition coefficient (Wildman–Crippen LogP) is 6.67. The van der Waals surface area contributed by atoms with Crippen molar-refractivity contribution in [3.8, 4) is 23.1 Å². The first-order chi connectivity index (χ1) is 17.5. The third-order valence-corrected chi connectivity index (χ3v) is 6.22. The SMILES string of the molecule is CCC[C@H](Cc1ccc(-c2cn(CC)c(C(C)(C)C)n2)cc1)NC(=O)c1ccc(OC(C)C)c(C#N)c1. The Labute approximate surface area is 221 Å². The van der Waals surface area contributed by atoms with Crippen molar-refractivity contribution in [1.82, 2.24) is 14.9 Å². The van der Waals surface area contributed by atoms with Gasteiger partial charge in [-0.25, -0.2) is 4.98 Å². The molecule has 1 amide bonds. The maximum atomic E-state index is 13.0. The molecule has 0 aliphatic rings.